The van der Waals surface area contributed by atoms with E-state index in [1.54, 1.807) is 0 Å². The number of nitrogens with zero attached hydrogens (tertiary/aromatic N) is 2. The lowest BCUT2D eigenvalue weighted by atomic mass is 9.93. The number of rotatable bonds is 4. The van der Waals surface area contributed by atoms with Gasteiger partial charge < -0.3 is 5.73 Å². The SMILES string of the molecule is CCCc1c(CC2CCCCCC2)nn(C)c1N. The van der Waals surface area contributed by atoms with Crippen molar-refractivity contribution in [2.24, 2.45) is 13.0 Å². The number of aromatic nitrogens is 2. The molecule has 0 saturated heterocycles. The lowest BCUT2D eigenvalue weighted by Gasteiger charge is -2.13. The molecule has 3 nitrogen and oxygen atoms in total. The van der Waals surface area contributed by atoms with Crippen LogP contribution in [0.25, 0.3) is 0 Å². The van der Waals surface area contributed by atoms with Gasteiger partial charge in [0.15, 0.2) is 0 Å². The Morgan fingerprint density at radius 1 is 1.22 bits per heavy atom. The lowest BCUT2D eigenvalue weighted by molar-refractivity contribution is 0.450. The number of hydrogen-bond donors (Lipinski definition) is 1. The van der Waals surface area contributed by atoms with Gasteiger partial charge in [-0.05, 0) is 18.8 Å². The maximum Gasteiger partial charge on any atom is 0.124 e. The first-order valence-corrected chi connectivity index (χ1v) is 7.52. The van der Waals surface area contributed by atoms with E-state index < -0.39 is 0 Å². The van der Waals surface area contributed by atoms with Crippen LogP contribution in [0.2, 0.25) is 0 Å². The molecule has 3 heteroatoms. The first-order valence-electron chi connectivity index (χ1n) is 7.52. The molecule has 0 aliphatic heterocycles. The zero-order valence-corrected chi connectivity index (χ0v) is 11.9. The zero-order chi connectivity index (χ0) is 13.0. The van der Waals surface area contributed by atoms with E-state index in [4.69, 9.17) is 5.73 Å². The summed E-state index contributed by atoms with van der Waals surface area (Å²) >= 11 is 0. The molecule has 1 aliphatic carbocycles. The second-order valence-corrected chi connectivity index (χ2v) is 5.75. The van der Waals surface area contributed by atoms with Crippen LogP contribution in [-0.2, 0) is 19.9 Å². The van der Waals surface area contributed by atoms with Crippen molar-refractivity contribution in [3.05, 3.63) is 11.3 Å². The van der Waals surface area contributed by atoms with Crippen LogP contribution in [0.15, 0.2) is 0 Å². The number of hydrogen-bond acceptors (Lipinski definition) is 2. The highest BCUT2D eigenvalue weighted by molar-refractivity contribution is 5.43. The average Bonchev–Trinajstić information content (AvgIpc) is 2.58. The van der Waals surface area contributed by atoms with Crippen molar-refractivity contribution in [1.82, 2.24) is 9.78 Å². The molecule has 0 atom stereocenters. The molecule has 0 aromatic carbocycles. The summed E-state index contributed by atoms with van der Waals surface area (Å²) < 4.78 is 1.86. The van der Waals surface area contributed by atoms with Gasteiger partial charge in [-0.15, -0.1) is 0 Å². The van der Waals surface area contributed by atoms with E-state index >= 15 is 0 Å². The highest BCUT2D eigenvalue weighted by Crippen LogP contribution is 2.28. The predicted molar refractivity (Wildman–Crippen MR) is 76.5 cm³/mol. The van der Waals surface area contributed by atoms with Gasteiger partial charge in [-0.25, -0.2) is 0 Å². The summed E-state index contributed by atoms with van der Waals surface area (Å²) in [4.78, 5) is 0. The van der Waals surface area contributed by atoms with Gasteiger partial charge in [-0.2, -0.15) is 5.10 Å². The molecule has 0 bridgehead atoms. The van der Waals surface area contributed by atoms with Crippen molar-refractivity contribution in [1.29, 1.82) is 0 Å². The number of aryl methyl sites for hydroxylation is 1. The molecule has 1 aromatic rings. The predicted octanol–water partition coefficient (Wildman–Crippen LogP) is 3.47. The molecule has 2 rings (SSSR count). The third-order valence-electron chi connectivity index (χ3n) is 4.23. The Hall–Kier alpha value is -0.990. The zero-order valence-electron chi connectivity index (χ0n) is 11.9. The molecule has 0 spiro atoms. The molecule has 18 heavy (non-hydrogen) atoms. The summed E-state index contributed by atoms with van der Waals surface area (Å²) in [7, 11) is 1.96. The van der Waals surface area contributed by atoms with E-state index in [0.29, 0.717) is 0 Å². The Morgan fingerprint density at radius 2 is 1.89 bits per heavy atom. The van der Waals surface area contributed by atoms with E-state index in [1.165, 1.54) is 49.8 Å². The summed E-state index contributed by atoms with van der Waals surface area (Å²) in [5, 5.41) is 4.65. The molecule has 1 saturated carbocycles. The molecule has 1 aliphatic rings. The second-order valence-electron chi connectivity index (χ2n) is 5.75. The van der Waals surface area contributed by atoms with Gasteiger partial charge in [-0.1, -0.05) is 51.9 Å². The molecule has 0 radical (unpaired) electrons. The van der Waals surface area contributed by atoms with E-state index in [2.05, 4.69) is 12.0 Å². The van der Waals surface area contributed by atoms with Gasteiger partial charge in [-0.3, -0.25) is 4.68 Å². The van der Waals surface area contributed by atoms with E-state index in [0.717, 1.165) is 31.0 Å². The van der Waals surface area contributed by atoms with Crippen LogP contribution in [0.5, 0.6) is 0 Å². The largest absolute Gasteiger partial charge is 0.384 e. The van der Waals surface area contributed by atoms with Gasteiger partial charge in [0.05, 0.1) is 5.69 Å². The fourth-order valence-corrected chi connectivity index (χ4v) is 3.17. The number of nitrogens with two attached hydrogens (primary N) is 1. The molecular formula is C15H27N3. The normalized spacial score (nSPS) is 17.9. The van der Waals surface area contributed by atoms with Crippen molar-refractivity contribution in [2.45, 2.75) is 64.7 Å². The third-order valence-corrected chi connectivity index (χ3v) is 4.23. The quantitative estimate of drug-likeness (QED) is 0.830. The first kappa shape index (κ1) is 13.4. The van der Waals surface area contributed by atoms with Crippen molar-refractivity contribution < 1.29 is 0 Å². The molecule has 1 aromatic heterocycles. The minimum absolute atomic E-state index is 0.831. The summed E-state index contributed by atoms with van der Waals surface area (Å²) in [6, 6.07) is 0. The second kappa shape index (κ2) is 6.26. The molecule has 102 valence electrons. The van der Waals surface area contributed by atoms with Gasteiger partial charge in [0.1, 0.15) is 5.82 Å². The van der Waals surface area contributed by atoms with Gasteiger partial charge >= 0.3 is 0 Å². The average molecular weight is 249 g/mol. The Bertz CT molecular complexity index is 373. The van der Waals surface area contributed by atoms with Crippen LogP contribution in [0.4, 0.5) is 5.82 Å². The molecule has 2 N–H and O–H groups in total. The smallest absolute Gasteiger partial charge is 0.124 e. The summed E-state index contributed by atoms with van der Waals surface area (Å²) in [6.07, 6.45) is 11.7. The number of nitrogen functional groups attached to an aromatic ring is 1. The topological polar surface area (TPSA) is 43.8 Å². The van der Waals surface area contributed by atoms with Crippen LogP contribution in [0, 0.1) is 5.92 Å². The van der Waals surface area contributed by atoms with Crippen LogP contribution in [0.1, 0.15) is 63.1 Å². The Labute approximate surface area is 111 Å². The maximum absolute atomic E-state index is 6.13. The molecule has 1 heterocycles. The van der Waals surface area contributed by atoms with Crippen molar-refractivity contribution in [3.8, 4) is 0 Å². The van der Waals surface area contributed by atoms with Crippen LogP contribution >= 0.6 is 0 Å². The summed E-state index contributed by atoms with van der Waals surface area (Å²) in [5.41, 5.74) is 8.70. The van der Waals surface area contributed by atoms with Gasteiger partial charge in [0, 0.05) is 12.6 Å². The van der Waals surface area contributed by atoms with E-state index in [1.807, 2.05) is 11.7 Å². The maximum atomic E-state index is 6.13. The minimum atomic E-state index is 0.831. The lowest BCUT2D eigenvalue weighted by Crippen LogP contribution is -2.06. The molecule has 1 fully saturated rings. The molecular weight excluding hydrogens is 222 g/mol. The molecule has 0 unspecified atom stereocenters. The Morgan fingerprint density at radius 3 is 2.50 bits per heavy atom. The van der Waals surface area contributed by atoms with E-state index in [-0.39, 0.29) is 0 Å². The monoisotopic (exact) mass is 249 g/mol. The van der Waals surface area contributed by atoms with Gasteiger partial charge in [0.25, 0.3) is 0 Å². The number of anilines is 1. The van der Waals surface area contributed by atoms with Gasteiger partial charge in [0.2, 0.25) is 0 Å². The minimum Gasteiger partial charge on any atom is -0.384 e. The highest BCUT2D eigenvalue weighted by Gasteiger charge is 2.18. The standard InChI is InChI=1S/C15H27N3/c1-3-8-13-14(17-18(2)15(13)16)11-12-9-6-4-5-7-10-12/h12H,3-11,16H2,1-2H3. The summed E-state index contributed by atoms with van der Waals surface area (Å²) in [5.74, 6) is 1.71. The molecule has 0 amide bonds. The highest BCUT2D eigenvalue weighted by atomic mass is 15.3. The fourth-order valence-electron chi connectivity index (χ4n) is 3.17. The van der Waals surface area contributed by atoms with Crippen molar-refractivity contribution >= 4 is 5.82 Å². The van der Waals surface area contributed by atoms with Crippen LogP contribution < -0.4 is 5.73 Å². The van der Waals surface area contributed by atoms with Crippen molar-refractivity contribution in [2.75, 3.05) is 5.73 Å². The van der Waals surface area contributed by atoms with Crippen molar-refractivity contribution in [3.63, 3.8) is 0 Å². The fraction of sp³-hybridized carbons (Fsp3) is 0.800. The van der Waals surface area contributed by atoms with Crippen LogP contribution in [0.3, 0.4) is 0 Å². The first-order chi connectivity index (χ1) is 8.72. The third kappa shape index (κ3) is 3.06. The Kier molecular flexibility index (Phi) is 4.67. The van der Waals surface area contributed by atoms with Crippen LogP contribution in [-0.4, -0.2) is 9.78 Å². The Balaban J connectivity index is 2.09. The summed E-state index contributed by atoms with van der Waals surface area (Å²) in [6.45, 7) is 2.21. The van der Waals surface area contributed by atoms with E-state index in [9.17, 15) is 0 Å².